The van der Waals surface area contributed by atoms with Crippen molar-refractivity contribution in [3.63, 3.8) is 0 Å². The lowest BCUT2D eigenvalue weighted by atomic mass is 10.1. The molecule has 4 nitrogen and oxygen atoms in total. The predicted molar refractivity (Wildman–Crippen MR) is 104 cm³/mol. The van der Waals surface area contributed by atoms with Crippen LogP contribution in [0.5, 0.6) is 0 Å². The zero-order valence-electron chi connectivity index (χ0n) is 13.7. The van der Waals surface area contributed by atoms with Crippen LogP contribution in [-0.2, 0) is 13.6 Å². The number of carbonyl (C=O) groups excluding carboxylic acids is 1. The van der Waals surface area contributed by atoms with Gasteiger partial charge in [0.15, 0.2) is 5.78 Å². The van der Waals surface area contributed by atoms with Gasteiger partial charge in [-0.3, -0.25) is 10.5 Å². The Bertz CT molecular complexity index is 973. The number of hydrogen-bond donors (Lipinski definition) is 1. The van der Waals surface area contributed by atoms with Crippen molar-refractivity contribution in [2.24, 2.45) is 7.05 Å². The number of carbonyl (C=O) groups is 1. The molecule has 3 rings (SSSR count). The van der Waals surface area contributed by atoms with Crippen molar-refractivity contribution in [3.05, 3.63) is 68.7 Å². The van der Waals surface area contributed by atoms with Crippen LogP contribution in [0.3, 0.4) is 0 Å². The summed E-state index contributed by atoms with van der Waals surface area (Å²) in [5.41, 5.74) is 8.59. The third-order valence-corrected chi connectivity index (χ3v) is 5.19. The van der Waals surface area contributed by atoms with E-state index in [0.717, 1.165) is 15.7 Å². The van der Waals surface area contributed by atoms with Gasteiger partial charge in [0.25, 0.3) is 0 Å². The zero-order chi connectivity index (χ0) is 18.1. The minimum Gasteiger partial charge on any atom is -1.00 e. The molecule has 8 heteroatoms. The molecule has 1 aromatic heterocycles. The third kappa shape index (κ3) is 4.31. The van der Waals surface area contributed by atoms with Crippen molar-refractivity contribution in [1.29, 1.82) is 0 Å². The molecule has 0 atom stereocenters. The van der Waals surface area contributed by atoms with E-state index in [0.29, 0.717) is 21.6 Å². The monoisotopic (exact) mass is 517 g/mol. The minimum atomic E-state index is -0.0957. The summed E-state index contributed by atoms with van der Waals surface area (Å²) in [6.45, 7) is 0.117. The normalized spacial score (nSPS) is 10.5. The van der Waals surface area contributed by atoms with Crippen LogP contribution in [0.4, 0.5) is 5.95 Å². The molecule has 0 spiro atoms. The van der Waals surface area contributed by atoms with E-state index in [-0.39, 0.29) is 29.3 Å². The van der Waals surface area contributed by atoms with E-state index in [2.05, 4.69) is 15.9 Å². The number of hydrogen-bond acceptors (Lipinski definition) is 2. The highest BCUT2D eigenvalue weighted by atomic mass is 79.9. The van der Waals surface area contributed by atoms with Gasteiger partial charge < -0.3 is 17.0 Å². The molecule has 26 heavy (non-hydrogen) atoms. The Hall–Kier alpha value is -1.34. The van der Waals surface area contributed by atoms with Gasteiger partial charge in [0, 0.05) is 15.6 Å². The van der Waals surface area contributed by atoms with E-state index in [1.165, 1.54) is 0 Å². The minimum absolute atomic E-state index is 0. The number of nitrogens with two attached hydrogens (primary N) is 1. The van der Waals surface area contributed by atoms with Crippen LogP contribution in [0.15, 0.2) is 53.1 Å². The van der Waals surface area contributed by atoms with Crippen LogP contribution in [-0.4, -0.2) is 10.4 Å². The van der Waals surface area contributed by atoms with Crippen LogP contribution in [0, 0.1) is 0 Å². The zero-order valence-corrected chi connectivity index (χ0v) is 18.4. The molecular formula is C18H15Br2Cl2N3O. The summed E-state index contributed by atoms with van der Waals surface area (Å²) in [6, 6.07) is 12.7. The summed E-state index contributed by atoms with van der Waals surface area (Å²) < 4.78 is 4.55. The Kier molecular flexibility index (Phi) is 6.91. The fourth-order valence-electron chi connectivity index (χ4n) is 2.57. The van der Waals surface area contributed by atoms with Gasteiger partial charge in [0.2, 0.25) is 0 Å². The molecule has 0 unspecified atom stereocenters. The van der Waals surface area contributed by atoms with Gasteiger partial charge in [-0.1, -0.05) is 51.3 Å². The second-order valence-corrected chi connectivity index (χ2v) is 7.35. The van der Waals surface area contributed by atoms with Crippen LogP contribution < -0.4 is 27.3 Å². The van der Waals surface area contributed by atoms with Crippen molar-refractivity contribution in [2.45, 2.75) is 6.54 Å². The predicted octanol–water partition coefficient (Wildman–Crippen LogP) is 1.52. The lowest BCUT2D eigenvalue weighted by Gasteiger charge is -2.02. The molecule has 3 aromatic rings. The van der Waals surface area contributed by atoms with Gasteiger partial charge in [-0.05, 0) is 30.3 Å². The maximum atomic E-state index is 12.5. The van der Waals surface area contributed by atoms with Gasteiger partial charge in [0.1, 0.15) is 18.4 Å². The maximum Gasteiger partial charge on any atom is 0.355 e. The van der Waals surface area contributed by atoms with Crippen LogP contribution in [0.1, 0.15) is 10.4 Å². The van der Waals surface area contributed by atoms with E-state index >= 15 is 0 Å². The summed E-state index contributed by atoms with van der Waals surface area (Å²) in [5.74, 6) is 0.394. The summed E-state index contributed by atoms with van der Waals surface area (Å²) >= 11 is 15.4. The Morgan fingerprint density at radius 3 is 2.58 bits per heavy atom. The molecule has 0 aliphatic carbocycles. The number of aromatic nitrogens is 2. The third-order valence-electron chi connectivity index (χ3n) is 3.95. The van der Waals surface area contributed by atoms with Crippen LogP contribution >= 0.6 is 39.1 Å². The fourth-order valence-corrected chi connectivity index (χ4v) is 3.27. The highest BCUT2D eigenvalue weighted by Gasteiger charge is 2.20. The maximum absolute atomic E-state index is 12.5. The molecule has 0 radical (unpaired) electrons. The average Bonchev–Trinajstić information content (AvgIpc) is 2.86. The van der Waals surface area contributed by atoms with Crippen molar-refractivity contribution in [1.82, 2.24) is 4.57 Å². The second-order valence-electron chi connectivity index (χ2n) is 5.62. The lowest BCUT2D eigenvalue weighted by Crippen LogP contribution is -3.00. The quantitative estimate of drug-likeness (QED) is 0.420. The van der Waals surface area contributed by atoms with Crippen molar-refractivity contribution >= 4 is 50.9 Å². The molecule has 0 saturated heterocycles. The molecule has 0 amide bonds. The summed E-state index contributed by atoms with van der Waals surface area (Å²) in [4.78, 5) is 12.5. The molecular weight excluding hydrogens is 505 g/mol. The number of rotatable bonds is 4. The second kappa shape index (κ2) is 8.57. The fraction of sp³-hybridized carbons (Fsp3) is 0.111. The number of ketones is 1. The highest BCUT2D eigenvalue weighted by molar-refractivity contribution is 9.10. The standard InChI is InChI=1S/C18H14BrCl2N3O.BrH/c1-23-16(11-3-2-4-13(19)7-11)9-24(18(23)22)10-17(25)12-5-6-14(20)15(21)8-12;/h2-9,22H,10H2,1H3;1H. The van der Waals surface area contributed by atoms with Crippen LogP contribution in [0.2, 0.25) is 10.0 Å². The topological polar surface area (TPSA) is 51.9 Å². The average molecular weight is 520 g/mol. The SMILES string of the molecule is Cn1c(-c2cccc(Br)c2)c[n+](CC(=O)c2ccc(Cl)c(Cl)c2)c1N.[Br-]. The molecule has 0 aliphatic heterocycles. The Morgan fingerprint density at radius 2 is 1.92 bits per heavy atom. The van der Waals surface area contributed by atoms with Gasteiger partial charge in [0.05, 0.1) is 17.1 Å². The number of halogens is 4. The largest absolute Gasteiger partial charge is 1.00 e. The van der Waals surface area contributed by atoms with Crippen molar-refractivity contribution < 1.29 is 26.3 Å². The Morgan fingerprint density at radius 1 is 1.19 bits per heavy atom. The summed E-state index contributed by atoms with van der Waals surface area (Å²) in [6.07, 6.45) is 1.87. The molecule has 2 aromatic carbocycles. The van der Waals surface area contributed by atoms with E-state index < -0.39 is 0 Å². The molecule has 0 bridgehead atoms. The van der Waals surface area contributed by atoms with Gasteiger partial charge in [-0.2, -0.15) is 0 Å². The Balaban J connectivity index is 0.00000243. The number of Topliss-reactive ketones (excluding diaryl/α,β-unsaturated/α-hetero) is 1. The van der Waals surface area contributed by atoms with Crippen LogP contribution in [0.25, 0.3) is 11.3 Å². The Labute approximate surface area is 180 Å². The van der Waals surface area contributed by atoms with Gasteiger partial charge >= 0.3 is 5.95 Å². The van der Waals surface area contributed by atoms with E-state index in [1.54, 1.807) is 22.8 Å². The highest BCUT2D eigenvalue weighted by Crippen LogP contribution is 2.24. The summed E-state index contributed by atoms with van der Waals surface area (Å²) in [5, 5.41) is 0.774. The van der Waals surface area contributed by atoms with E-state index in [1.807, 2.05) is 42.1 Å². The molecule has 1 heterocycles. The number of nitrogens with zero attached hydrogens (tertiary/aromatic N) is 2. The van der Waals surface area contributed by atoms with Gasteiger partial charge in [-0.25, -0.2) is 9.13 Å². The summed E-state index contributed by atoms with van der Waals surface area (Å²) in [7, 11) is 1.87. The molecule has 0 fully saturated rings. The number of nitrogen functional groups attached to an aromatic ring is 1. The lowest BCUT2D eigenvalue weighted by molar-refractivity contribution is -0.667. The van der Waals surface area contributed by atoms with Crippen molar-refractivity contribution in [2.75, 3.05) is 5.73 Å². The van der Waals surface area contributed by atoms with Crippen molar-refractivity contribution in [3.8, 4) is 11.3 Å². The molecule has 136 valence electrons. The molecule has 0 saturated carbocycles. The first-order valence-electron chi connectivity index (χ1n) is 7.45. The first-order chi connectivity index (χ1) is 11.9. The first-order valence-corrected chi connectivity index (χ1v) is 9.00. The van der Waals surface area contributed by atoms with E-state index in [4.69, 9.17) is 28.9 Å². The number of imidazole rings is 1. The van der Waals surface area contributed by atoms with E-state index in [9.17, 15) is 4.79 Å². The smallest absolute Gasteiger partial charge is 0.355 e. The first kappa shape index (κ1) is 21.0. The number of benzene rings is 2. The molecule has 2 N–H and O–H groups in total. The van der Waals surface area contributed by atoms with Gasteiger partial charge in [-0.15, -0.1) is 0 Å². The number of anilines is 1. The molecule has 0 aliphatic rings.